The topological polar surface area (TPSA) is 90.3 Å². The molecule has 0 saturated carbocycles. The first kappa shape index (κ1) is 20.5. The van der Waals surface area contributed by atoms with Crippen LogP contribution in [0.15, 0.2) is 76.9 Å². The lowest BCUT2D eigenvalue weighted by molar-refractivity contribution is -0.124. The van der Waals surface area contributed by atoms with Gasteiger partial charge in [-0.3, -0.25) is 9.59 Å². The number of fused-ring (bicyclic) bond motifs is 1. The van der Waals surface area contributed by atoms with Crippen LogP contribution in [0.25, 0.3) is 16.5 Å². The molecule has 0 aliphatic heterocycles. The lowest BCUT2D eigenvalue weighted by Crippen LogP contribution is -2.31. The maximum atomic E-state index is 12.9. The van der Waals surface area contributed by atoms with E-state index in [1.807, 2.05) is 30.5 Å². The Morgan fingerprint density at radius 3 is 2.45 bits per heavy atom. The van der Waals surface area contributed by atoms with Crippen molar-refractivity contribution in [2.24, 2.45) is 0 Å². The van der Waals surface area contributed by atoms with E-state index in [0.29, 0.717) is 16.5 Å². The number of nitrogens with one attached hydrogen (secondary N) is 1. The van der Waals surface area contributed by atoms with Crippen molar-refractivity contribution in [3.63, 3.8) is 0 Å². The summed E-state index contributed by atoms with van der Waals surface area (Å²) < 4.78 is 6.39. The summed E-state index contributed by atoms with van der Waals surface area (Å²) in [5.41, 5.74) is 0.147. The number of para-hydroxylation sites is 1. The van der Waals surface area contributed by atoms with Crippen molar-refractivity contribution >= 4 is 34.0 Å². The third kappa shape index (κ3) is 4.39. The number of amides is 1. The third-order valence-corrected chi connectivity index (χ3v) is 5.74. The summed E-state index contributed by atoms with van der Waals surface area (Å²) in [5.74, 6) is -1.20. The van der Waals surface area contributed by atoms with Gasteiger partial charge in [-0.2, -0.15) is 9.78 Å². The largest absolute Gasteiger partial charge is 0.451 e. The van der Waals surface area contributed by atoms with E-state index in [1.54, 1.807) is 48.5 Å². The first-order chi connectivity index (χ1) is 15.0. The highest BCUT2D eigenvalue weighted by molar-refractivity contribution is 7.10. The standard InChI is InChI=1S/C23H19N3O4S/c1-15(19-12-7-13-31-19)24-20(27)14-30-23(29)21-17-10-5-6-11-18(17)22(28)26(25-21)16-8-3-2-4-9-16/h2-13,15H,14H2,1H3,(H,24,27). The molecule has 31 heavy (non-hydrogen) atoms. The second-order valence-corrected chi connectivity index (χ2v) is 7.81. The number of hydrogen-bond donors (Lipinski definition) is 1. The van der Waals surface area contributed by atoms with Crippen LogP contribution < -0.4 is 10.9 Å². The van der Waals surface area contributed by atoms with Crippen LogP contribution >= 0.6 is 11.3 Å². The molecule has 0 radical (unpaired) electrons. The van der Waals surface area contributed by atoms with Crippen LogP contribution in [-0.2, 0) is 9.53 Å². The predicted molar refractivity (Wildman–Crippen MR) is 118 cm³/mol. The number of rotatable bonds is 6. The van der Waals surface area contributed by atoms with Crippen molar-refractivity contribution in [2.45, 2.75) is 13.0 Å². The van der Waals surface area contributed by atoms with Crippen LogP contribution in [0.1, 0.15) is 28.3 Å². The summed E-state index contributed by atoms with van der Waals surface area (Å²) in [6, 6.07) is 19.1. The summed E-state index contributed by atoms with van der Waals surface area (Å²) in [5, 5.41) is 9.68. The molecule has 8 heteroatoms. The molecule has 7 nitrogen and oxygen atoms in total. The highest BCUT2D eigenvalue weighted by Gasteiger charge is 2.20. The maximum absolute atomic E-state index is 12.9. The zero-order valence-electron chi connectivity index (χ0n) is 16.6. The van der Waals surface area contributed by atoms with Gasteiger partial charge in [0.1, 0.15) is 0 Å². The van der Waals surface area contributed by atoms with E-state index in [1.165, 1.54) is 11.3 Å². The summed E-state index contributed by atoms with van der Waals surface area (Å²) in [7, 11) is 0. The molecule has 156 valence electrons. The van der Waals surface area contributed by atoms with Crippen molar-refractivity contribution in [3.05, 3.63) is 93.0 Å². The molecule has 2 aromatic heterocycles. The SMILES string of the molecule is CC(NC(=O)COC(=O)c1nn(-c2ccccc2)c(=O)c2ccccc12)c1cccs1. The van der Waals surface area contributed by atoms with Crippen molar-refractivity contribution in [2.75, 3.05) is 6.61 Å². The zero-order valence-corrected chi connectivity index (χ0v) is 17.5. The maximum Gasteiger partial charge on any atom is 0.359 e. The van der Waals surface area contributed by atoms with E-state index in [9.17, 15) is 14.4 Å². The van der Waals surface area contributed by atoms with Gasteiger partial charge >= 0.3 is 5.97 Å². The van der Waals surface area contributed by atoms with Crippen LogP contribution in [0.2, 0.25) is 0 Å². The average molecular weight is 433 g/mol. The number of nitrogens with zero attached hydrogens (tertiary/aromatic N) is 2. The minimum Gasteiger partial charge on any atom is -0.451 e. The number of carbonyl (C=O) groups excluding carboxylic acids is 2. The lowest BCUT2D eigenvalue weighted by Gasteiger charge is -2.13. The molecule has 0 fully saturated rings. The van der Waals surface area contributed by atoms with E-state index < -0.39 is 18.5 Å². The van der Waals surface area contributed by atoms with Crippen LogP contribution in [-0.4, -0.2) is 28.3 Å². The molecule has 0 bridgehead atoms. The molecule has 2 aromatic carbocycles. The van der Waals surface area contributed by atoms with E-state index in [0.717, 1.165) is 9.56 Å². The fourth-order valence-corrected chi connectivity index (χ4v) is 3.91. The Labute approximate surface area is 181 Å². The molecule has 1 N–H and O–H groups in total. The second kappa shape index (κ2) is 8.93. The van der Waals surface area contributed by atoms with Gasteiger partial charge in [-0.25, -0.2) is 4.79 Å². The Balaban J connectivity index is 1.58. The molecule has 1 unspecified atom stereocenters. The zero-order chi connectivity index (χ0) is 21.8. The summed E-state index contributed by atoms with van der Waals surface area (Å²) >= 11 is 1.53. The molecular weight excluding hydrogens is 414 g/mol. The Kier molecular flexibility index (Phi) is 5.90. The first-order valence-electron chi connectivity index (χ1n) is 9.62. The van der Waals surface area contributed by atoms with Crippen LogP contribution in [0.5, 0.6) is 0 Å². The summed E-state index contributed by atoms with van der Waals surface area (Å²) in [6.07, 6.45) is 0. The number of esters is 1. The smallest absolute Gasteiger partial charge is 0.359 e. The first-order valence-corrected chi connectivity index (χ1v) is 10.5. The van der Waals surface area contributed by atoms with Crippen molar-refractivity contribution in [1.29, 1.82) is 0 Å². The van der Waals surface area contributed by atoms with Gasteiger partial charge in [-0.05, 0) is 36.6 Å². The number of thiophene rings is 1. The quantitative estimate of drug-likeness (QED) is 0.470. The summed E-state index contributed by atoms with van der Waals surface area (Å²) in [4.78, 5) is 38.9. The van der Waals surface area contributed by atoms with Gasteiger partial charge in [0.05, 0.1) is 17.1 Å². The molecule has 0 saturated heterocycles. The van der Waals surface area contributed by atoms with Crippen LogP contribution in [0.4, 0.5) is 0 Å². The van der Waals surface area contributed by atoms with E-state index in [-0.39, 0.29) is 17.3 Å². The van der Waals surface area contributed by atoms with Gasteiger partial charge in [-0.1, -0.05) is 42.5 Å². The number of hydrogen-bond acceptors (Lipinski definition) is 6. The molecule has 0 aliphatic carbocycles. The molecular formula is C23H19N3O4S. The van der Waals surface area contributed by atoms with Gasteiger partial charge in [0, 0.05) is 10.3 Å². The van der Waals surface area contributed by atoms with Gasteiger partial charge in [0.15, 0.2) is 12.3 Å². The molecule has 1 amide bonds. The number of carbonyl (C=O) groups is 2. The Morgan fingerprint density at radius 2 is 1.74 bits per heavy atom. The van der Waals surface area contributed by atoms with Crippen molar-refractivity contribution < 1.29 is 14.3 Å². The Morgan fingerprint density at radius 1 is 1.03 bits per heavy atom. The monoisotopic (exact) mass is 433 g/mol. The van der Waals surface area contributed by atoms with Crippen LogP contribution in [0.3, 0.4) is 0 Å². The molecule has 0 aliphatic rings. The predicted octanol–water partition coefficient (Wildman–Crippen LogP) is 3.48. The van der Waals surface area contributed by atoms with E-state index in [2.05, 4.69) is 10.4 Å². The van der Waals surface area contributed by atoms with Crippen molar-refractivity contribution in [3.8, 4) is 5.69 Å². The van der Waals surface area contributed by atoms with Gasteiger partial charge in [0.25, 0.3) is 11.5 Å². The Hall–Kier alpha value is -3.78. The minimum atomic E-state index is -0.778. The van der Waals surface area contributed by atoms with Crippen molar-refractivity contribution in [1.82, 2.24) is 15.1 Å². The third-order valence-electron chi connectivity index (χ3n) is 4.68. The number of ether oxygens (including phenoxy) is 1. The van der Waals surface area contributed by atoms with Gasteiger partial charge in [-0.15, -0.1) is 11.3 Å². The normalized spacial score (nSPS) is 11.8. The summed E-state index contributed by atoms with van der Waals surface area (Å²) in [6.45, 7) is 1.41. The molecule has 4 aromatic rings. The number of aromatic nitrogens is 2. The van der Waals surface area contributed by atoms with Gasteiger partial charge < -0.3 is 10.1 Å². The highest BCUT2D eigenvalue weighted by Crippen LogP contribution is 2.18. The van der Waals surface area contributed by atoms with Gasteiger partial charge in [0.2, 0.25) is 0 Å². The second-order valence-electron chi connectivity index (χ2n) is 6.83. The lowest BCUT2D eigenvalue weighted by atomic mass is 10.1. The fraction of sp³-hybridized carbons (Fsp3) is 0.130. The molecule has 1 atom stereocenters. The van der Waals surface area contributed by atoms with E-state index >= 15 is 0 Å². The minimum absolute atomic E-state index is 0.0295. The number of benzene rings is 2. The van der Waals surface area contributed by atoms with E-state index in [4.69, 9.17) is 4.74 Å². The molecule has 2 heterocycles. The van der Waals surface area contributed by atoms with Crippen LogP contribution in [0, 0.1) is 0 Å². The molecule has 0 spiro atoms. The molecule has 4 rings (SSSR count). The highest BCUT2D eigenvalue weighted by atomic mass is 32.1. The average Bonchev–Trinajstić information content (AvgIpc) is 3.34. The fourth-order valence-electron chi connectivity index (χ4n) is 3.18. The Bertz CT molecular complexity index is 1280.